The number of carboxylic acids is 4. The fourth-order valence-electron chi connectivity index (χ4n) is 0.570. The summed E-state index contributed by atoms with van der Waals surface area (Å²) >= 11 is 0. The fraction of sp³-hybridized carbons (Fsp3) is 0.250. The minimum absolute atomic E-state index is 0. The van der Waals surface area contributed by atoms with E-state index >= 15 is 0 Å². The maximum absolute atomic E-state index is 9.77. The van der Waals surface area contributed by atoms with Crippen molar-refractivity contribution in [1.29, 1.82) is 0 Å². The molecule has 0 aromatic heterocycles. The summed E-state index contributed by atoms with van der Waals surface area (Å²) in [5.41, 5.74) is -1.92. The van der Waals surface area contributed by atoms with Gasteiger partial charge < -0.3 is 50.0 Å². The van der Waals surface area contributed by atoms with Gasteiger partial charge in [-0.2, -0.15) is 0 Å². The van der Waals surface area contributed by atoms with E-state index in [1.807, 2.05) is 0 Å². The van der Waals surface area contributed by atoms with Crippen LogP contribution in [0.4, 0.5) is 0 Å². The van der Waals surface area contributed by atoms with Crippen LogP contribution in [-0.2, 0) is 19.2 Å². The molecule has 0 atom stereocenters. The zero-order valence-corrected chi connectivity index (χ0v) is 21.5. The summed E-state index contributed by atoms with van der Waals surface area (Å²) in [7, 11) is 0. The standard InChI is InChI=1S/2C4H5NO5.4Na/c2*6-3(7)1-2(5-10)4(8)9;;;;/h2*10H,1H2,(H,6,7)(H,8,9);;;;/q;;4*+1/p-4. The molecule has 0 rings (SSSR count). The maximum atomic E-state index is 9.77. The predicted octanol–water partition coefficient (Wildman–Crippen LogP) is -18.6. The summed E-state index contributed by atoms with van der Waals surface area (Å²) in [5.74, 6) is -6.94. The Kier molecular flexibility index (Phi) is 39.5. The molecule has 0 saturated carbocycles. The van der Waals surface area contributed by atoms with Gasteiger partial charge in [0.15, 0.2) is 0 Å². The molecule has 0 aromatic carbocycles. The summed E-state index contributed by atoms with van der Waals surface area (Å²) in [5, 5.41) is 58.9. The Morgan fingerprint density at radius 2 is 0.833 bits per heavy atom. The largest absolute Gasteiger partial charge is 1.00 e. The SMILES string of the molecule is O=C([O-])CC(=NO)C(=O)[O-].O=C([O-])CC(=NO)C(=O)[O-].[Na+].[Na+].[Na+].[Na+]. The number of hydrogen-bond acceptors (Lipinski definition) is 12. The molecule has 0 fully saturated rings. The van der Waals surface area contributed by atoms with E-state index in [-0.39, 0.29) is 118 Å². The molecule has 12 nitrogen and oxygen atoms in total. The van der Waals surface area contributed by atoms with Gasteiger partial charge >= 0.3 is 118 Å². The van der Waals surface area contributed by atoms with Gasteiger partial charge in [-0.15, -0.1) is 0 Å². The van der Waals surface area contributed by atoms with Crippen molar-refractivity contribution in [3.63, 3.8) is 0 Å². The third-order valence-corrected chi connectivity index (χ3v) is 1.34. The molecule has 0 aliphatic rings. The van der Waals surface area contributed by atoms with Crippen LogP contribution in [0, 0.1) is 0 Å². The van der Waals surface area contributed by atoms with Gasteiger partial charge in [0.05, 0.1) is 11.9 Å². The van der Waals surface area contributed by atoms with Gasteiger partial charge in [-0.3, -0.25) is 0 Å². The van der Waals surface area contributed by atoms with E-state index < -0.39 is 48.1 Å². The number of oxime groups is 2. The molecule has 0 aliphatic heterocycles. The molecule has 0 saturated heterocycles. The van der Waals surface area contributed by atoms with Gasteiger partial charge in [0.2, 0.25) is 0 Å². The van der Waals surface area contributed by atoms with Gasteiger partial charge in [-0.25, -0.2) is 0 Å². The van der Waals surface area contributed by atoms with Crippen molar-refractivity contribution in [1.82, 2.24) is 0 Å². The molecule has 0 heterocycles. The van der Waals surface area contributed by atoms with E-state index in [0.29, 0.717) is 0 Å². The van der Waals surface area contributed by atoms with Gasteiger partial charge in [0.25, 0.3) is 0 Å². The second-order valence-electron chi connectivity index (χ2n) is 2.77. The monoisotopic (exact) mass is 382 g/mol. The summed E-state index contributed by atoms with van der Waals surface area (Å²) in [4.78, 5) is 38.9. The van der Waals surface area contributed by atoms with Crippen LogP contribution in [-0.4, -0.2) is 45.7 Å². The second-order valence-corrected chi connectivity index (χ2v) is 2.77. The molecule has 0 amide bonds. The van der Waals surface area contributed by atoms with Crippen LogP contribution in [0.25, 0.3) is 0 Å². The van der Waals surface area contributed by atoms with Crippen molar-refractivity contribution in [3.05, 3.63) is 0 Å². The van der Waals surface area contributed by atoms with Gasteiger partial charge in [0, 0.05) is 24.8 Å². The number of carboxylic acid groups (broad SMARTS) is 4. The quantitative estimate of drug-likeness (QED) is 0.191. The Hall–Kier alpha value is 0.820. The fourth-order valence-corrected chi connectivity index (χ4v) is 0.570. The number of carbonyl (C=O) groups excluding carboxylic acids is 4. The molecule has 0 aliphatic carbocycles. The summed E-state index contributed by atoms with van der Waals surface area (Å²) in [6.45, 7) is 0. The molecule has 24 heavy (non-hydrogen) atoms. The van der Waals surface area contributed by atoms with Crippen LogP contribution < -0.4 is 139 Å². The first kappa shape index (κ1) is 39.8. The first-order valence-corrected chi connectivity index (χ1v) is 4.39. The molecule has 0 unspecified atom stereocenters. The molecule has 112 valence electrons. The first-order valence-electron chi connectivity index (χ1n) is 4.39. The zero-order chi connectivity index (χ0) is 16.3. The van der Waals surface area contributed by atoms with Crippen molar-refractivity contribution < 1.29 is 168 Å². The van der Waals surface area contributed by atoms with Crippen LogP contribution in [0.1, 0.15) is 12.8 Å². The Balaban J connectivity index is -0.0000000579. The minimum atomic E-state index is -1.83. The summed E-state index contributed by atoms with van der Waals surface area (Å²) in [6.07, 6.45) is -1.92. The average Bonchev–Trinajstić information content (AvgIpc) is 2.32. The average molecular weight is 382 g/mol. The predicted molar refractivity (Wildman–Crippen MR) is 47.7 cm³/mol. The third kappa shape index (κ3) is 25.1. The summed E-state index contributed by atoms with van der Waals surface area (Å²) in [6, 6.07) is 0. The van der Waals surface area contributed by atoms with Gasteiger partial charge in [-0.05, 0) is 0 Å². The van der Waals surface area contributed by atoms with E-state index in [4.69, 9.17) is 10.4 Å². The molecular formula is C8H6N2Na4O10. The van der Waals surface area contributed by atoms with Crippen molar-refractivity contribution in [2.75, 3.05) is 0 Å². The first-order chi connectivity index (χ1) is 9.15. The number of nitrogens with zero attached hydrogens (tertiary/aromatic N) is 2. The van der Waals surface area contributed by atoms with Crippen molar-refractivity contribution in [2.24, 2.45) is 10.3 Å². The molecule has 0 aromatic rings. The van der Waals surface area contributed by atoms with E-state index in [2.05, 4.69) is 10.3 Å². The Labute approximate surface area is 223 Å². The number of rotatable bonds is 6. The van der Waals surface area contributed by atoms with Crippen molar-refractivity contribution in [3.8, 4) is 0 Å². The Morgan fingerprint density at radius 3 is 0.875 bits per heavy atom. The number of carbonyl (C=O) groups is 4. The topological polar surface area (TPSA) is 226 Å². The van der Waals surface area contributed by atoms with Crippen LogP contribution in [0.3, 0.4) is 0 Å². The van der Waals surface area contributed by atoms with E-state index in [0.717, 1.165) is 0 Å². The molecular weight excluding hydrogens is 376 g/mol. The normalized spacial score (nSPS) is 9.17. The van der Waals surface area contributed by atoms with Crippen LogP contribution in [0.5, 0.6) is 0 Å². The van der Waals surface area contributed by atoms with Crippen LogP contribution >= 0.6 is 0 Å². The molecule has 0 radical (unpaired) electrons. The van der Waals surface area contributed by atoms with Crippen molar-refractivity contribution in [2.45, 2.75) is 12.8 Å². The maximum Gasteiger partial charge on any atom is 1.00 e. The van der Waals surface area contributed by atoms with E-state index in [1.54, 1.807) is 0 Å². The van der Waals surface area contributed by atoms with Gasteiger partial charge in [-0.1, -0.05) is 10.3 Å². The van der Waals surface area contributed by atoms with E-state index in [9.17, 15) is 39.6 Å². The smallest absolute Gasteiger partial charge is 0.550 e. The number of hydrogen-bond donors (Lipinski definition) is 2. The van der Waals surface area contributed by atoms with Gasteiger partial charge in [0.1, 0.15) is 11.4 Å². The minimum Gasteiger partial charge on any atom is -0.550 e. The third-order valence-electron chi connectivity index (χ3n) is 1.34. The Morgan fingerprint density at radius 1 is 0.625 bits per heavy atom. The van der Waals surface area contributed by atoms with Crippen LogP contribution in [0.15, 0.2) is 10.3 Å². The van der Waals surface area contributed by atoms with Crippen LogP contribution in [0.2, 0.25) is 0 Å². The van der Waals surface area contributed by atoms with Crippen molar-refractivity contribution >= 4 is 35.3 Å². The molecule has 0 spiro atoms. The molecule has 16 heteroatoms. The summed E-state index contributed by atoms with van der Waals surface area (Å²) < 4.78 is 0. The molecule has 2 N–H and O–H groups in total. The van der Waals surface area contributed by atoms with E-state index in [1.165, 1.54) is 0 Å². The molecule has 0 bridgehead atoms. The second kappa shape index (κ2) is 23.8. The Bertz CT molecular complexity index is 426. The number of aliphatic carboxylic acids is 4. The zero-order valence-electron chi connectivity index (χ0n) is 13.5.